The molecule has 8 heteroatoms. The van der Waals surface area contributed by atoms with E-state index < -0.39 is 10.9 Å². The molecule has 6 nitrogen and oxygen atoms in total. The topological polar surface area (TPSA) is 77.0 Å². The normalized spacial score (nSPS) is 13.7. The van der Waals surface area contributed by atoms with Gasteiger partial charge in [-0.3, -0.25) is 4.79 Å². The molecule has 0 fully saturated rings. The van der Waals surface area contributed by atoms with Crippen LogP contribution in [-0.4, -0.2) is 19.6 Å². The van der Waals surface area contributed by atoms with E-state index in [1.165, 1.54) is 13.2 Å². The highest BCUT2D eigenvalue weighted by Gasteiger charge is 2.19. The predicted octanol–water partition coefficient (Wildman–Crippen LogP) is 5.03. The van der Waals surface area contributed by atoms with Crippen LogP contribution < -0.4 is 10.1 Å². The molecule has 2 aromatic carbocycles. The second-order valence-corrected chi connectivity index (χ2v) is 8.94. The molecule has 0 bridgehead atoms. The van der Waals surface area contributed by atoms with Crippen molar-refractivity contribution in [2.24, 2.45) is 4.36 Å². The summed E-state index contributed by atoms with van der Waals surface area (Å²) in [5.74, 6) is -0.380. The van der Waals surface area contributed by atoms with E-state index >= 15 is 0 Å². The largest absolute Gasteiger partial charge is 0.484 e. The lowest BCUT2D eigenvalue weighted by Gasteiger charge is -2.20. The summed E-state index contributed by atoms with van der Waals surface area (Å²) in [5.41, 5.74) is 2.51. The second-order valence-electron chi connectivity index (χ2n) is 7.99. The number of hydrogen-bond donors (Lipinski definition) is 1. The Morgan fingerprint density at radius 3 is 2.50 bits per heavy atom. The zero-order valence-electron chi connectivity index (χ0n) is 18.1. The average molecular weight is 436 g/mol. The maximum absolute atomic E-state index is 14.3. The van der Waals surface area contributed by atoms with Gasteiger partial charge < -0.3 is 22.8 Å². The highest BCUT2D eigenvalue weighted by molar-refractivity contribution is 7.69. The van der Waals surface area contributed by atoms with Gasteiger partial charge in [0.05, 0.1) is 6.04 Å². The molecule has 0 aliphatic rings. The Morgan fingerprint density at radius 1 is 1.23 bits per heavy atom. The SMILES string of the molecule is CO[S-](=O)=Nc1ccc([C@@H](C)NC(=O)COc2ccc(C(C)(C)C)c(F)c2)cc1C. The highest BCUT2D eigenvalue weighted by Crippen LogP contribution is 2.28. The Labute approximate surface area is 179 Å². The molecule has 0 unspecified atom stereocenters. The van der Waals surface area contributed by atoms with Crippen LogP contribution in [0.1, 0.15) is 50.4 Å². The number of nitrogens with zero attached hydrogens (tertiary/aromatic N) is 1. The van der Waals surface area contributed by atoms with E-state index in [0.717, 1.165) is 11.1 Å². The van der Waals surface area contributed by atoms with Crippen molar-refractivity contribution >= 4 is 22.5 Å². The molecule has 1 N–H and O–H groups in total. The van der Waals surface area contributed by atoms with Crippen LogP contribution in [0, 0.1) is 12.7 Å². The zero-order valence-corrected chi connectivity index (χ0v) is 18.9. The van der Waals surface area contributed by atoms with Crippen LogP contribution >= 0.6 is 0 Å². The first-order valence-corrected chi connectivity index (χ1v) is 10.5. The Kier molecular flexibility index (Phi) is 7.97. The van der Waals surface area contributed by atoms with Crippen molar-refractivity contribution in [1.29, 1.82) is 0 Å². The molecule has 2 aromatic rings. The quantitative estimate of drug-likeness (QED) is 0.619. The molecule has 0 spiro atoms. The molecular weight excluding hydrogens is 407 g/mol. The molecule has 0 radical (unpaired) electrons. The van der Waals surface area contributed by atoms with Crippen molar-refractivity contribution in [3.8, 4) is 5.75 Å². The van der Waals surface area contributed by atoms with Gasteiger partial charge in [0.1, 0.15) is 11.6 Å². The molecule has 0 saturated heterocycles. The predicted molar refractivity (Wildman–Crippen MR) is 115 cm³/mol. The summed E-state index contributed by atoms with van der Waals surface area (Å²) in [6, 6.07) is 9.74. The van der Waals surface area contributed by atoms with Gasteiger partial charge >= 0.3 is 0 Å². The Balaban J connectivity index is 1.97. The van der Waals surface area contributed by atoms with Gasteiger partial charge in [0.2, 0.25) is 0 Å². The fraction of sp³-hybridized carbons (Fsp3) is 0.409. The van der Waals surface area contributed by atoms with Crippen molar-refractivity contribution in [1.82, 2.24) is 5.32 Å². The van der Waals surface area contributed by atoms with Crippen LogP contribution in [0.3, 0.4) is 0 Å². The van der Waals surface area contributed by atoms with Gasteiger partial charge in [-0.05, 0) is 48.1 Å². The number of benzene rings is 2. The lowest BCUT2D eigenvalue weighted by molar-refractivity contribution is -0.123. The lowest BCUT2D eigenvalue weighted by Crippen LogP contribution is -2.31. The van der Waals surface area contributed by atoms with Gasteiger partial charge in [0.15, 0.2) is 6.61 Å². The molecule has 0 saturated carbocycles. The fourth-order valence-corrected chi connectivity index (χ4v) is 3.32. The molecule has 0 aromatic heterocycles. The average Bonchev–Trinajstić information content (AvgIpc) is 2.66. The number of halogens is 1. The van der Waals surface area contributed by atoms with Crippen LogP contribution in [0.15, 0.2) is 40.8 Å². The van der Waals surface area contributed by atoms with E-state index in [1.807, 2.05) is 40.7 Å². The minimum Gasteiger partial charge on any atom is -0.484 e. The first kappa shape index (κ1) is 23.8. The molecular formula is C22H28FN2O4S-. The van der Waals surface area contributed by atoms with Crippen molar-refractivity contribution in [2.45, 2.75) is 46.1 Å². The smallest absolute Gasteiger partial charge is 0.258 e. The van der Waals surface area contributed by atoms with Gasteiger partial charge in [-0.25, -0.2) is 4.39 Å². The van der Waals surface area contributed by atoms with Crippen molar-refractivity contribution in [3.63, 3.8) is 0 Å². The van der Waals surface area contributed by atoms with E-state index in [2.05, 4.69) is 13.9 Å². The molecule has 1 atom stereocenters. The minimum absolute atomic E-state index is 0.224. The van der Waals surface area contributed by atoms with Gasteiger partial charge in [-0.2, -0.15) is 0 Å². The molecule has 0 heterocycles. The summed E-state index contributed by atoms with van der Waals surface area (Å²) < 4.78 is 39.7. The maximum Gasteiger partial charge on any atom is 0.258 e. The lowest BCUT2D eigenvalue weighted by atomic mass is 9.87. The third-order valence-electron chi connectivity index (χ3n) is 4.53. The Morgan fingerprint density at radius 2 is 1.93 bits per heavy atom. The number of carbonyl (C=O) groups is 1. The number of carbonyl (C=O) groups excluding carboxylic acids is 1. The summed E-state index contributed by atoms with van der Waals surface area (Å²) in [5, 5.41) is 2.84. The standard InChI is InChI=1S/C22H28FN2O4S/c1-14-11-16(7-10-20(14)25-30(27)28-6)15(2)24-21(26)13-29-17-8-9-18(19(23)12-17)22(3,4)5/h7-12,15H,13H2,1-6H3,(H,24,26)/q-1/t15-/m1/s1. The molecule has 0 aliphatic heterocycles. The second kappa shape index (κ2) is 10.0. The van der Waals surface area contributed by atoms with Crippen LogP contribution in [-0.2, 0) is 29.5 Å². The van der Waals surface area contributed by atoms with Gasteiger partial charge in [-0.15, -0.1) is 0 Å². The Bertz CT molecular complexity index is 995. The van der Waals surface area contributed by atoms with E-state index in [9.17, 15) is 13.4 Å². The van der Waals surface area contributed by atoms with Crippen LogP contribution in [0.4, 0.5) is 10.1 Å². The zero-order chi connectivity index (χ0) is 22.5. The summed E-state index contributed by atoms with van der Waals surface area (Å²) in [7, 11) is -0.416. The minimum atomic E-state index is -1.73. The monoisotopic (exact) mass is 435 g/mol. The van der Waals surface area contributed by atoms with Crippen molar-refractivity contribution in [2.75, 3.05) is 13.7 Å². The summed E-state index contributed by atoms with van der Waals surface area (Å²) in [6.07, 6.45) is 0. The third kappa shape index (κ3) is 6.53. The van der Waals surface area contributed by atoms with Crippen LogP contribution in [0.5, 0.6) is 5.75 Å². The van der Waals surface area contributed by atoms with Crippen molar-refractivity contribution < 1.29 is 22.3 Å². The number of amides is 1. The molecule has 2 rings (SSSR count). The number of ether oxygens (including phenoxy) is 1. The summed E-state index contributed by atoms with van der Waals surface area (Å²) in [6.45, 7) is 9.25. The fourth-order valence-electron chi connectivity index (χ4n) is 2.88. The van der Waals surface area contributed by atoms with Crippen LogP contribution in [0.2, 0.25) is 0 Å². The maximum atomic E-state index is 14.3. The summed E-state index contributed by atoms with van der Waals surface area (Å²) in [4.78, 5) is 12.2. The molecule has 0 aliphatic carbocycles. The number of rotatable bonds is 7. The number of nitrogens with one attached hydrogen (secondary N) is 1. The molecule has 1 amide bonds. The van der Waals surface area contributed by atoms with Gasteiger partial charge in [0, 0.05) is 18.9 Å². The van der Waals surface area contributed by atoms with Crippen LogP contribution in [0.25, 0.3) is 0 Å². The Hall–Kier alpha value is -2.45. The first-order valence-electron chi connectivity index (χ1n) is 9.52. The van der Waals surface area contributed by atoms with E-state index in [0.29, 0.717) is 17.0 Å². The number of aryl methyl sites for hydroxylation is 1. The van der Waals surface area contributed by atoms with E-state index in [-0.39, 0.29) is 29.8 Å². The molecule has 164 valence electrons. The molecule has 30 heavy (non-hydrogen) atoms. The van der Waals surface area contributed by atoms with E-state index in [1.54, 1.807) is 24.3 Å². The van der Waals surface area contributed by atoms with Crippen molar-refractivity contribution in [3.05, 3.63) is 58.9 Å². The first-order chi connectivity index (χ1) is 14.0. The summed E-state index contributed by atoms with van der Waals surface area (Å²) >= 11 is 0. The number of hydrogen-bond acceptors (Lipinski definition) is 6. The van der Waals surface area contributed by atoms with Gasteiger partial charge in [0.25, 0.3) is 5.91 Å². The third-order valence-corrected chi connectivity index (χ3v) is 5.16. The highest BCUT2D eigenvalue weighted by atomic mass is 32.2. The van der Waals surface area contributed by atoms with E-state index in [4.69, 9.17) is 4.74 Å². The van der Waals surface area contributed by atoms with Gasteiger partial charge in [-0.1, -0.05) is 49.8 Å².